The first-order valence-corrected chi connectivity index (χ1v) is 18.2. The summed E-state index contributed by atoms with van der Waals surface area (Å²) in [7, 11) is -9.27. The third kappa shape index (κ3) is 7.52. The molecule has 0 atom stereocenters. The Bertz CT molecular complexity index is 2290. The minimum atomic E-state index is -4.64. The molecule has 0 aliphatic heterocycles. The van der Waals surface area contributed by atoms with Gasteiger partial charge in [-0.2, -0.15) is 16.8 Å². The van der Waals surface area contributed by atoms with Crippen molar-refractivity contribution in [3.8, 4) is 0 Å². The van der Waals surface area contributed by atoms with E-state index in [2.05, 4.69) is 20.6 Å². The summed E-state index contributed by atoms with van der Waals surface area (Å²) in [4.78, 5) is 71.1. The summed E-state index contributed by atoms with van der Waals surface area (Å²) in [6.07, 6.45) is 8.35. The number of amides is 4. The van der Waals surface area contributed by atoms with E-state index in [0.29, 0.717) is 0 Å². The molecule has 52 heavy (non-hydrogen) atoms. The first kappa shape index (κ1) is 35.8. The molecule has 0 fully saturated rings. The molecule has 264 valence electrons. The van der Waals surface area contributed by atoms with Crippen molar-refractivity contribution < 1.29 is 49.9 Å². The number of nitrogens with zero attached hydrogens (tertiary/aromatic N) is 2. The summed E-state index contributed by atoms with van der Waals surface area (Å²) in [5.74, 6) is -3.06. The lowest BCUT2D eigenvalue weighted by molar-refractivity contribution is -0.113. The van der Waals surface area contributed by atoms with Crippen LogP contribution in [0.25, 0.3) is 0 Å². The Hall–Kier alpha value is -6.01. The highest BCUT2D eigenvalue weighted by Crippen LogP contribution is 2.35. The van der Waals surface area contributed by atoms with Crippen LogP contribution in [-0.4, -0.2) is 66.8 Å². The second kappa shape index (κ2) is 14.0. The zero-order valence-electron chi connectivity index (χ0n) is 26.7. The number of Topliss-reactive ketones (excluding diaryl/α,β-unsaturated/α-hetero) is 2. The number of hydrogen-bond donors (Lipinski definition) is 4. The summed E-state index contributed by atoms with van der Waals surface area (Å²) in [5.41, 5.74) is 0.949. The van der Waals surface area contributed by atoms with E-state index in [4.69, 9.17) is 0 Å². The van der Waals surface area contributed by atoms with Gasteiger partial charge in [-0.25, -0.2) is 14.8 Å². The maximum atomic E-state index is 12.9. The van der Waals surface area contributed by atoms with E-state index in [-0.39, 0.29) is 69.1 Å². The molecule has 15 nitrogen and oxygen atoms in total. The molecule has 0 radical (unpaired) electrons. The monoisotopic (exact) mass is 742 g/mol. The van der Waals surface area contributed by atoms with Crippen molar-refractivity contribution in [3.63, 3.8) is 0 Å². The van der Waals surface area contributed by atoms with Crippen molar-refractivity contribution in [3.05, 3.63) is 128 Å². The molecule has 0 spiro atoms. The lowest BCUT2D eigenvalue weighted by Gasteiger charge is -2.23. The summed E-state index contributed by atoms with van der Waals surface area (Å²) >= 11 is 0. The number of aliphatic imine (C=N–C) groups is 2. The lowest BCUT2D eigenvalue weighted by Crippen LogP contribution is -2.28. The smallest absolute Gasteiger partial charge is 0.308 e. The average molecular weight is 743 g/mol. The minimum Gasteiger partial charge on any atom is -0.308 e. The maximum absolute atomic E-state index is 12.9. The predicted octanol–water partition coefficient (Wildman–Crippen LogP) is 4.50. The number of nitrogens with one attached hydrogen (secondary N) is 2. The highest BCUT2D eigenvalue weighted by Gasteiger charge is 2.36. The van der Waals surface area contributed by atoms with E-state index in [9.17, 15) is 49.9 Å². The molecule has 0 unspecified atom stereocenters. The van der Waals surface area contributed by atoms with Crippen LogP contribution in [-0.2, 0) is 29.8 Å². The van der Waals surface area contributed by atoms with Gasteiger partial charge in [-0.05, 0) is 72.5 Å². The lowest BCUT2D eigenvalue weighted by atomic mass is 9.86. The van der Waals surface area contributed by atoms with E-state index in [1.54, 1.807) is 24.3 Å². The fourth-order valence-electron chi connectivity index (χ4n) is 5.82. The van der Waals surface area contributed by atoms with Gasteiger partial charge in [-0.3, -0.25) is 28.3 Å². The summed E-state index contributed by atoms with van der Waals surface area (Å²) < 4.78 is 66.5. The van der Waals surface area contributed by atoms with Crippen molar-refractivity contribution in [2.45, 2.75) is 25.7 Å². The fourth-order valence-corrected chi connectivity index (χ4v) is 7.46. The van der Waals surface area contributed by atoms with E-state index in [0.717, 1.165) is 0 Å². The van der Waals surface area contributed by atoms with Crippen molar-refractivity contribution in [2.24, 2.45) is 9.98 Å². The number of fused-ring (bicyclic) bond motifs is 2. The molecule has 17 heteroatoms. The number of urea groups is 1. The predicted molar refractivity (Wildman–Crippen MR) is 189 cm³/mol. The van der Waals surface area contributed by atoms with E-state index in [1.165, 1.54) is 60.7 Å². The Morgan fingerprint density at radius 1 is 0.596 bits per heavy atom. The van der Waals surface area contributed by atoms with E-state index in [1.807, 2.05) is 0 Å². The molecule has 4 aliphatic carbocycles. The van der Waals surface area contributed by atoms with Crippen LogP contribution >= 0.6 is 0 Å². The van der Waals surface area contributed by atoms with Gasteiger partial charge in [0.1, 0.15) is 11.4 Å². The molecule has 2 aromatic rings. The van der Waals surface area contributed by atoms with Gasteiger partial charge in [0.25, 0.3) is 32.1 Å². The first-order chi connectivity index (χ1) is 24.6. The minimum absolute atomic E-state index is 0.0745. The normalized spacial score (nSPS) is 18.9. The molecule has 0 saturated carbocycles. The number of anilines is 2. The van der Waals surface area contributed by atoms with Crippen molar-refractivity contribution in [1.29, 1.82) is 0 Å². The van der Waals surface area contributed by atoms with Crippen LogP contribution in [0.3, 0.4) is 0 Å². The van der Waals surface area contributed by atoms with Crippen LogP contribution in [0.5, 0.6) is 0 Å². The molecule has 0 bridgehead atoms. The van der Waals surface area contributed by atoms with E-state index >= 15 is 0 Å². The van der Waals surface area contributed by atoms with Crippen LogP contribution in [0.1, 0.15) is 46.4 Å². The Morgan fingerprint density at radius 3 is 1.31 bits per heavy atom. The Labute approximate surface area is 296 Å². The van der Waals surface area contributed by atoms with E-state index < -0.39 is 72.3 Å². The topological polar surface area (TPSA) is 243 Å². The maximum Gasteiger partial charge on any atom is 0.323 e. The molecule has 6 rings (SSSR count). The Morgan fingerprint density at radius 2 is 0.962 bits per heavy atom. The summed E-state index contributed by atoms with van der Waals surface area (Å²) in [6, 6.07) is 10.5. The fraction of sp³-hybridized carbons (Fsp3) is 0.114. The number of benzene rings is 2. The Balaban J connectivity index is 1.10. The van der Waals surface area contributed by atoms with Gasteiger partial charge in [0.2, 0.25) is 0 Å². The highest BCUT2D eigenvalue weighted by atomic mass is 32.2. The molecular weight excluding hydrogens is 717 g/mol. The standard InChI is InChI=1S/C35H26N4O11S2/c40-27-17-29(51(45,46)47)23-5-1-3-7-25(23)31(27)38-33(42)19-9-13-21(14-10-19)36-35(44)37-22-15-11-20(12-16-22)34(43)39-32-26-8-4-2-6-24(26)30(18-28(32)41)52(48,49)50/h1-4,7-16H,5-6,17-18H2,(H2,36,37,44)(H,45,46,47)(H,48,49,50). The van der Waals surface area contributed by atoms with Gasteiger partial charge in [-0.1, -0.05) is 36.5 Å². The van der Waals surface area contributed by atoms with Gasteiger partial charge in [-0.15, -0.1) is 0 Å². The first-order valence-electron chi connectivity index (χ1n) is 15.3. The molecule has 4 N–H and O–H groups in total. The van der Waals surface area contributed by atoms with Crippen LogP contribution in [0.15, 0.2) is 127 Å². The third-order valence-electron chi connectivity index (χ3n) is 8.27. The average Bonchev–Trinajstić information content (AvgIpc) is 3.10. The number of hydrogen-bond acceptors (Lipinski definition) is 9. The number of ketones is 2. The third-order valence-corrected chi connectivity index (χ3v) is 10.3. The van der Waals surface area contributed by atoms with Gasteiger partial charge in [0.05, 0.1) is 22.7 Å². The summed E-state index contributed by atoms with van der Waals surface area (Å²) in [5, 5.41) is 5.16. The number of carbonyl (C=O) groups is 5. The molecule has 2 aromatic carbocycles. The highest BCUT2D eigenvalue weighted by molar-refractivity contribution is 7.90. The Kier molecular flexibility index (Phi) is 9.61. The zero-order valence-corrected chi connectivity index (χ0v) is 28.3. The largest absolute Gasteiger partial charge is 0.323 e. The SMILES string of the molecule is O=C(Nc1ccc(C(=O)N=C2C(=O)CC(S(=O)(=O)O)=C3CC=CC=C23)cc1)Nc1ccc(C(=O)N=C2C(=O)CC(S(=O)(=O)O)=C3CC=CC=C23)cc1. The quantitative estimate of drug-likeness (QED) is 0.300. The van der Waals surface area contributed by atoms with Gasteiger partial charge < -0.3 is 10.6 Å². The van der Waals surface area contributed by atoms with Crippen LogP contribution in [0.4, 0.5) is 16.2 Å². The molecule has 4 aliphatic rings. The second-order valence-electron chi connectivity index (χ2n) is 11.6. The molecule has 0 aromatic heterocycles. The van der Waals surface area contributed by atoms with Gasteiger partial charge in [0.15, 0.2) is 11.6 Å². The van der Waals surface area contributed by atoms with Crippen LogP contribution in [0.2, 0.25) is 0 Å². The van der Waals surface area contributed by atoms with Crippen molar-refractivity contribution in [1.82, 2.24) is 0 Å². The zero-order chi connectivity index (χ0) is 37.4. The molecule has 0 saturated heterocycles. The molecular formula is C35H26N4O11S2. The van der Waals surface area contributed by atoms with Crippen LogP contribution < -0.4 is 10.6 Å². The van der Waals surface area contributed by atoms with Crippen molar-refractivity contribution in [2.75, 3.05) is 10.6 Å². The number of carbonyl (C=O) groups excluding carboxylic acids is 5. The van der Waals surface area contributed by atoms with Gasteiger partial charge >= 0.3 is 6.03 Å². The molecule has 0 heterocycles. The number of allylic oxidation sites excluding steroid dienone is 12. The van der Waals surface area contributed by atoms with Crippen molar-refractivity contribution >= 4 is 72.4 Å². The second-order valence-corrected chi connectivity index (χ2v) is 14.5. The van der Waals surface area contributed by atoms with Crippen LogP contribution in [0, 0.1) is 0 Å². The number of rotatable bonds is 6. The summed E-state index contributed by atoms with van der Waals surface area (Å²) in [6.45, 7) is 0. The molecule has 4 amide bonds. The van der Waals surface area contributed by atoms with Gasteiger partial charge in [0, 0.05) is 33.6 Å².